The fourth-order valence-corrected chi connectivity index (χ4v) is 3.04. The third kappa shape index (κ3) is 3.22. The summed E-state index contributed by atoms with van der Waals surface area (Å²) in [6, 6.07) is -0.298. The third-order valence-electron chi connectivity index (χ3n) is 3.64. The molecule has 0 unspecified atom stereocenters. The van der Waals surface area contributed by atoms with E-state index in [9.17, 15) is 9.59 Å². The predicted molar refractivity (Wildman–Crippen MR) is 79.3 cm³/mol. The van der Waals surface area contributed by atoms with Gasteiger partial charge in [-0.2, -0.15) is 0 Å². The van der Waals surface area contributed by atoms with Crippen LogP contribution >= 0.6 is 0 Å². The zero-order chi connectivity index (χ0) is 15.7. The van der Waals surface area contributed by atoms with Gasteiger partial charge in [0.25, 0.3) is 5.91 Å². The average Bonchev–Trinajstić information content (AvgIpc) is 2.53. The first-order chi connectivity index (χ1) is 9.02. The number of hydrogen-bond donors (Lipinski definition) is 0. The molecule has 114 valence electrons. The third-order valence-corrected chi connectivity index (χ3v) is 3.64. The molecule has 1 rings (SSSR count). The fourth-order valence-electron chi connectivity index (χ4n) is 3.04. The van der Waals surface area contributed by atoms with E-state index in [-0.39, 0.29) is 17.4 Å². The molecule has 2 amide bonds. The standard InChI is InChI=1S/C16H27NO3/c1-8-9-10-11(2)12(18)17-13(15(3,4)5)16(6,7)20-14(17)19/h13H,2,8-10H2,1,3-7H3/t13-/m0/s1. The van der Waals surface area contributed by atoms with Crippen LogP contribution in [0.5, 0.6) is 0 Å². The maximum atomic E-state index is 12.5. The van der Waals surface area contributed by atoms with Crippen molar-refractivity contribution in [3.05, 3.63) is 12.2 Å². The average molecular weight is 281 g/mol. The van der Waals surface area contributed by atoms with Gasteiger partial charge in [0.15, 0.2) is 0 Å². The van der Waals surface area contributed by atoms with Crippen molar-refractivity contribution >= 4 is 12.0 Å². The topological polar surface area (TPSA) is 46.6 Å². The number of nitrogens with zero attached hydrogens (tertiary/aromatic N) is 1. The molecule has 1 atom stereocenters. The highest BCUT2D eigenvalue weighted by molar-refractivity contribution is 6.03. The summed E-state index contributed by atoms with van der Waals surface area (Å²) in [5, 5.41) is 0. The Labute approximate surface area is 122 Å². The minimum Gasteiger partial charge on any atom is -0.441 e. The van der Waals surface area contributed by atoms with Gasteiger partial charge in [-0.25, -0.2) is 9.69 Å². The molecule has 4 heteroatoms. The van der Waals surface area contributed by atoms with Crippen molar-refractivity contribution in [3.63, 3.8) is 0 Å². The molecule has 0 aromatic carbocycles. The van der Waals surface area contributed by atoms with E-state index in [4.69, 9.17) is 4.74 Å². The molecule has 1 saturated heterocycles. The molecule has 0 aliphatic carbocycles. The Kier molecular flexibility index (Phi) is 4.67. The van der Waals surface area contributed by atoms with E-state index in [2.05, 4.69) is 13.5 Å². The minimum absolute atomic E-state index is 0.254. The van der Waals surface area contributed by atoms with Gasteiger partial charge in [-0.15, -0.1) is 0 Å². The van der Waals surface area contributed by atoms with Crippen LogP contribution in [0.1, 0.15) is 60.8 Å². The Morgan fingerprint density at radius 3 is 2.40 bits per heavy atom. The van der Waals surface area contributed by atoms with Crippen molar-refractivity contribution in [1.29, 1.82) is 0 Å². The fraction of sp³-hybridized carbons (Fsp3) is 0.750. The molecule has 1 aliphatic rings. The van der Waals surface area contributed by atoms with Gasteiger partial charge in [0, 0.05) is 5.57 Å². The lowest BCUT2D eigenvalue weighted by atomic mass is 9.77. The first-order valence-electron chi connectivity index (χ1n) is 7.26. The first kappa shape index (κ1) is 16.7. The SMILES string of the molecule is C=C(CCCC)C(=O)N1C(=O)OC(C)(C)[C@@H]1C(C)(C)C. The van der Waals surface area contributed by atoms with E-state index >= 15 is 0 Å². The summed E-state index contributed by atoms with van der Waals surface area (Å²) in [5.74, 6) is -0.297. The van der Waals surface area contributed by atoms with Gasteiger partial charge in [0.2, 0.25) is 0 Å². The summed E-state index contributed by atoms with van der Waals surface area (Å²) in [7, 11) is 0. The number of hydrogen-bond acceptors (Lipinski definition) is 3. The van der Waals surface area contributed by atoms with Crippen LogP contribution in [0.2, 0.25) is 0 Å². The van der Waals surface area contributed by atoms with Crippen LogP contribution in [0.4, 0.5) is 4.79 Å². The summed E-state index contributed by atoms with van der Waals surface area (Å²) in [4.78, 5) is 25.9. The molecule has 0 aromatic rings. The maximum absolute atomic E-state index is 12.5. The van der Waals surface area contributed by atoms with Crippen LogP contribution in [-0.4, -0.2) is 28.5 Å². The predicted octanol–water partition coefficient (Wildman–Crippen LogP) is 3.90. The van der Waals surface area contributed by atoms with Gasteiger partial charge < -0.3 is 4.74 Å². The highest BCUT2D eigenvalue weighted by Crippen LogP contribution is 2.40. The molecule has 20 heavy (non-hydrogen) atoms. The highest BCUT2D eigenvalue weighted by atomic mass is 16.6. The van der Waals surface area contributed by atoms with E-state index in [0.717, 1.165) is 12.8 Å². The monoisotopic (exact) mass is 281 g/mol. The van der Waals surface area contributed by atoms with Gasteiger partial charge in [0.05, 0.1) is 6.04 Å². The number of carbonyl (C=O) groups excluding carboxylic acids is 2. The molecule has 0 radical (unpaired) electrons. The van der Waals surface area contributed by atoms with Crippen molar-refractivity contribution < 1.29 is 14.3 Å². The van der Waals surface area contributed by atoms with E-state index in [1.54, 1.807) is 0 Å². The van der Waals surface area contributed by atoms with Crippen LogP contribution in [0.15, 0.2) is 12.2 Å². The number of amides is 2. The lowest BCUT2D eigenvalue weighted by Crippen LogP contribution is -2.52. The Morgan fingerprint density at radius 2 is 1.95 bits per heavy atom. The minimum atomic E-state index is -0.684. The molecular formula is C16H27NO3. The normalized spacial score (nSPS) is 21.8. The highest BCUT2D eigenvalue weighted by Gasteiger charge is 2.55. The molecule has 0 spiro atoms. The zero-order valence-corrected chi connectivity index (χ0v) is 13.6. The van der Waals surface area contributed by atoms with Gasteiger partial charge >= 0.3 is 6.09 Å². The van der Waals surface area contributed by atoms with Crippen LogP contribution in [0.25, 0.3) is 0 Å². The van der Waals surface area contributed by atoms with Crippen molar-refractivity contribution in [2.45, 2.75) is 72.4 Å². The second kappa shape index (κ2) is 5.58. The molecule has 4 nitrogen and oxygen atoms in total. The van der Waals surface area contributed by atoms with Gasteiger partial charge in [-0.05, 0) is 32.1 Å². The van der Waals surface area contributed by atoms with Crippen LogP contribution in [0.3, 0.4) is 0 Å². The van der Waals surface area contributed by atoms with Crippen molar-refractivity contribution in [1.82, 2.24) is 4.90 Å². The van der Waals surface area contributed by atoms with Gasteiger partial charge in [-0.3, -0.25) is 4.79 Å². The van der Waals surface area contributed by atoms with E-state index in [1.165, 1.54) is 4.90 Å². The smallest absolute Gasteiger partial charge is 0.417 e. The molecule has 0 bridgehead atoms. The van der Waals surface area contributed by atoms with E-state index < -0.39 is 11.7 Å². The van der Waals surface area contributed by atoms with Crippen LogP contribution in [0, 0.1) is 5.41 Å². The quantitative estimate of drug-likeness (QED) is 0.734. The van der Waals surface area contributed by atoms with Crippen LogP contribution in [-0.2, 0) is 9.53 Å². The number of unbranched alkanes of at least 4 members (excludes halogenated alkanes) is 1. The number of rotatable bonds is 4. The summed E-state index contributed by atoms with van der Waals surface area (Å²) in [5.41, 5.74) is -0.456. The maximum Gasteiger partial charge on any atom is 0.417 e. The molecule has 0 N–H and O–H groups in total. The second-order valence-corrected chi connectivity index (χ2v) is 7.12. The zero-order valence-electron chi connectivity index (χ0n) is 13.6. The van der Waals surface area contributed by atoms with Crippen LogP contribution < -0.4 is 0 Å². The molecular weight excluding hydrogens is 254 g/mol. The molecule has 0 saturated carbocycles. The van der Waals surface area contributed by atoms with Crippen molar-refractivity contribution in [2.24, 2.45) is 5.41 Å². The van der Waals surface area contributed by atoms with E-state index in [1.807, 2.05) is 34.6 Å². The molecule has 1 fully saturated rings. The lowest BCUT2D eigenvalue weighted by Gasteiger charge is -2.38. The summed E-state index contributed by atoms with van der Waals surface area (Å²) >= 11 is 0. The number of cyclic esters (lactones) is 1. The number of carbonyl (C=O) groups is 2. The lowest BCUT2D eigenvalue weighted by molar-refractivity contribution is -0.127. The summed E-state index contributed by atoms with van der Waals surface area (Å²) in [6.45, 7) is 15.6. The largest absolute Gasteiger partial charge is 0.441 e. The molecule has 1 aliphatic heterocycles. The van der Waals surface area contributed by atoms with Crippen molar-refractivity contribution in [3.8, 4) is 0 Å². The summed E-state index contributed by atoms with van der Waals surface area (Å²) in [6.07, 6.45) is 1.95. The van der Waals surface area contributed by atoms with Gasteiger partial charge in [0.1, 0.15) is 5.60 Å². The first-order valence-corrected chi connectivity index (χ1v) is 7.26. The molecule has 1 heterocycles. The second-order valence-electron chi connectivity index (χ2n) is 7.12. The summed E-state index contributed by atoms with van der Waals surface area (Å²) < 4.78 is 5.40. The number of imide groups is 1. The Morgan fingerprint density at radius 1 is 1.40 bits per heavy atom. The Hall–Kier alpha value is -1.32. The van der Waals surface area contributed by atoms with E-state index in [0.29, 0.717) is 12.0 Å². The Bertz CT molecular complexity index is 418. The molecule has 0 aromatic heterocycles. The van der Waals surface area contributed by atoms with Crippen molar-refractivity contribution in [2.75, 3.05) is 0 Å². The number of ether oxygens (including phenoxy) is 1. The Balaban J connectivity index is 3.04. The van der Waals surface area contributed by atoms with Gasteiger partial charge in [-0.1, -0.05) is 40.7 Å².